The highest BCUT2D eigenvalue weighted by Crippen LogP contribution is 2.30. The van der Waals surface area contributed by atoms with Gasteiger partial charge in [0, 0.05) is 22.0 Å². The normalized spacial score (nSPS) is 11.9. The first-order chi connectivity index (χ1) is 21.9. The molecule has 0 bridgehead atoms. The number of ether oxygens (including phenoxy) is 3. The van der Waals surface area contributed by atoms with Gasteiger partial charge < -0.3 is 23.9 Å². The average molecular weight is 662 g/mol. The Hall–Kier alpha value is -4.86. The highest BCUT2D eigenvalue weighted by Gasteiger charge is 2.26. The lowest BCUT2D eigenvalue weighted by atomic mass is 10.1. The molecular weight excluding hydrogens is 631 g/mol. The summed E-state index contributed by atoms with van der Waals surface area (Å²) in [4.78, 5) is 43.2. The van der Waals surface area contributed by atoms with Crippen molar-refractivity contribution in [2.75, 3.05) is 0 Å². The van der Waals surface area contributed by atoms with E-state index in [0.29, 0.717) is 38.2 Å². The number of aromatic nitrogens is 1. The largest absolute Gasteiger partial charge is 0.459 e. The maximum absolute atomic E-state index is 13.1. The zero-order valence-electron chi connectivity index (χ0n) is 25.2. The first kappa shape index (κ1) is 32.5. The second kappa shape index (κ2) is 14.1. The van der Waals surface area contributed by atoms with Crippen LogP contribution in [0.5, 0.6) is 5.75 Å². The van der Waals surface area contributed by atoms with Crippen LogP contribution in [0.1, 0.15) is 42.3 Å². The summed E-state index contributed by atoms with van der Waals surface area (Å²) in [6.45, 7) is 5.21. The van der Waals surface area contributed by atoms with E-state index in [1.165, 1.54) is 6.07 Å². The molecule has 0 aliphatic carbocycles. The highest BCUT2D eigenvalue weighted by atomic mass is 35.5. The molecule has 0 saturated heterocycles. The number of hydrogen-bond acceptors (Lipinski definition) is 8. The van der Waals surface area contributed by atoms with Crippen molar-refractivity contribution >= 4 is 52.3 Å². The van der Waals surface area contributed by atoms with Crippen LogP contribution in [0.4, 0.5) is 4.79 Å². The predicted octanol–water partition coefficient (Wildman–Crippen LogP) is 8.20. The monoisotopic (exact) mass is 660 g/mol. The minimum absolute atomic E-state index is 0.0354. The van der Waals surface area contributed by atoms with E-state index in [4.69, 9.17) is 41.8 Å². The first-order valence-corrected chi connectivity index (χ1v) is 15.1. The molecule has 1 aromatic heterocycles. The van der Waals surface area contributed by atoms with Crippen molar-refractivity contribution in [2.24, 2.45) is 0 Å². The van der Waals surface area contributed by atoms with E-state index in [9.17, 15) is 14.4 Å². The lowest BCUT2D eigenvalue weighted by Gasteiger charge is -2.23. The van der Waals surface area contributed by atoms with Crippen LogP contribution in [0.25, 0.3) is 22.6 Å². The van der Waals surface area contributed by atoms with E-state index >= 15 is 0 Å². The van der Waals surface area contributed by atoms with E-state index in [1.807, 2.05) is 30.3 Å². The molecule has 4 aromatic carbocycles. The Kier molecular flexibility index (Phi) is 9.94. The molecule has 1 N–H and O–H groups in total. The lowest BCUT2D eigenvalue weighted by molar-refractivity contribution is -0.147. The summed E-state index contributed by atoms with van der Waals surface area (Å²) in [7, 11) is 0. The molecular formula is C35H30Cl2N2O7. The molecule has 0 unspecified atom stereocenters. The van der Waals surface area contributed by atoms with Crippen molar-refractivity contribution < 1.29 is 33.0 Å². The summed E-state index contributed by atoms with van der Waals surface area (Å²) in [5.74, 6) is -0.733. The molecule has 1 heterocycles. The zero-order valence-corrected chi connectivity index (χ0v) is 26.7. The van der Waals surface area contributed by atoms with E-state index in [1.54, 1.807) is 75.4 Å². The van der Waals surface area contributed by atoms with Gasteiger partial charge in [0.15, 0.2) is 5.58 Å². The minimum atomic E-state index is -1.07. The van der Waals surface area contributed by atoms with Gasteiger partial charge in [-0.05, 0) is 80.4 Å². The van der Waals surface area contributed by atoms with Gasteiger partial charge in [-0.1, -0.05) is 65.7 Å². The maximum Gasteiger partial charge on any atom is 0.408 e. The number of nitrogens with one attached hydrogen (secondary N) is 1. The summed E-state index contributed by atoms with van der Waals surface area (Å²) < 4.78 is 22.4. The quantitative estimate of drug-likeness (QED) is 0.124. The van der Waals surface area contributed by atoms with Gasteiger partial charge in [-0.25, -0.2) is 19.4 Å². The van der Waals surface area contributed by atoms with Crippen LogP contribution in [-0.2, 0) is 27.3 Å². The van der Waals surface area contributed by atoms with Gasteiger partial charge in [-0.2, -0.15) is 0 Å². The second-order valence-electron chi connectivity index (χ2n) is 11.4. The minimum Gasteiger partial charge on any atom is -0.459 e. The van der Waals surface area contributed by atoms with E-state index in [0.717, 1.165) is 5.56 Å². The van der Waals surface area contributed by atoms with Gasteiger partial charge in [0.05, 0.1) is 5.56 Å². The summed E-state index contributed by atoms with van der Waals surface area (Å²) in [6, 6.07) is 24.5. The van der Waals surface area contributed by atoms with Crippen LogP contribution in [-0.4, -0.2) is 34.7 Å². The molecule has 9 nitrogen and oxygen atoms in total. The van der Waals surface area contributed by atoms with Crippen molar-refractivity contribution in [3.63, 3.8) is 0 Å². The Bertz CT molecular complexity index is 1860. The molecule has 0 saturated carbocycles. The number of esters is 2. The van der Waals surface area contributed by atoms with Crippen LogP contribution >= 0.6 is 23.2 Å². The number of oxazole rings is 1. The van der Waals surface area contributed by atoms with Crippen molar-refractivity contribution in [2.45, 2.75) is 45.4 Å². The number of carbonyl (C=O) groups excluding carboxylic acids is 3. The average Bonchev–Trinajstić information content (AvgIpc) is 3.43. The molecule has 5 aromatic rings. The van der Waals surface area contributed by atoms with Crippen LogP contribution < -0.4 is 10.1 Å². The number of hydrogen-bond donors (Lipinski definition) is 1. The SMILES string of the molecule is CC(C)(C)OC(=O)N[C@H](Cc1cccc(OC(=O)c2ccc3nc(-c4cc(Cl)cc(Cl)c4)oc3c2)c1)C(=O)OCc1ccccc1. The molecule has 1 amide bonds. The van der Waals surface area contributed by atoms with Crippen molar-refractivity contribution in [3.05, 3.63) is 118 Å². The predicted molar refractivity (Wildman–Crippen MR) is 174 cm³/mol. The fourth-order valence-electron chi connectivity index (χ4n) is 4.46. The molecule has 236 valence electrons. The van der Waals surface area contributed by atoms with Gasteiger partial charge >= 0.3 is 18.0 Å². The maximum atomic E-state index is 13.1. The van der Waals surface area contributed by atoms with Crippen LogP contribution in [0.15, 0.2) is 95.4 Å². The number of nitrogens with zero attached hydrogens (tertiary/aromatic N) is 1. The Morgan fingerprint density at radius 1 is 0.870 bits per heavy atom. The molecule has 1 atom stereocenters. The highest BCUT2D eigenvalue weighted by molar-refractivity contribution is 6.35. The summed E-state index contributed by atoms with van der Waals surface area (Å²) in [5, 5.41) is 3.48. The number of alkyl carbamates (subject to hydrolysis) is 1. The molecule has 0 aliphatic rings. The van der Waals surface area contributed by atoms with Gasteiger partial charge in [0.2, 0.25) is 5.89 Å². The standard InChI is InChI=1S/C35H30Cl2N2O7/c1-35(2,3)46-34(42)39-29(33(41)43-20-21-8-5-4-6-9-21)15-22-10-7-11-27(14-22)44-32(40)23-12-13-28-30(18-23)45-31(38-28)24-16-25(36)19-26(37)17-24/h4-14,16-19,29H,15,20H2,1-3H3,(H,39,42)/t29-/m1/s1. The van der Waals surface area contributed by atoms with Crippen molar-refractivity contribution in [1.82, 2.24) is 10.3 Å². The van der Waals surface area contributed by atoms with Crippen molar-refractivity contribution in [1.29, 1.82) is 0 Å². The van der Waals surface area contributed by atoms with Gasteiger partial charge in [0.1, 0.15) is 29.5 Å². The number of rotatable bonds is 9. The number of benzene rings is 4. The fourth-order valence-corrected chi connectivity index (χ4v) is 4.99. The number of carbonyl (C=O) groups is 3. The number of fused-ring (bicyclic) bond motifs is 1. The molecule has 0 radical (unpaired) electrons. The number of halogens is 2. The summed E-state index contributed by atoms with van der Waals surface area (Å²) in [6.07, 6.45) is -0.709. The third-order valence-electron chi connectivity index (χ3n) is 6.48. The third kappa shape index (κ3) is 8.87. The second-order valence-corrected chi connectivity index (χ2v) is 12.3. The topological polar surface area (TPSA) is 117 Å². The molecule has 11 heteroatoms. The smallest absolute Gasteiger partial charge is 0.408 e. The van der Waals surface area contributed by atoms with Crippen LogP contribution in [0, 0.1) is 0 Å². The molecule has 5 rings (SSSR count). The molecule has 0 aliphatic heterocycles. The third-order valence-corrected chi connectivity index (χ3v) is 6.92. The fraction of sp³-hybridized carbons (Fsp3) is 0.200. The molecule has 0 spiro atoms. The van der Waals surface area contributed by atoms with E-state index in [-0.39, 0.29) is 24.3 Å². The van der Waals surface area contributed by atoms with Gasteiger partial charge in [-0.3, -0.25) is 0 Å². The first-order valence-electron chi connectivity index (χ1n) is 14.3. The van der Waals surface area contributed by atoms with Gasteiger partial charge in [0.25, 0.3) is 0 Å². The van der Waals surface area contributed by atoms with Crippen LogP contribution in [0.3, 0.4) is 0 Å². The lowest BCUT2D eigenvalue weighted by Crippen LogP contribution is -2.45. The Morgan fingerprint density at radius 2 is 1.59 bits per heavy atom. The Balaban J connectivity index is 1.29. The molecule has 46 heavy (non-hydrogen) atoms. The van der Waals surface area contributed by atoms with Crippen molar-refractivity contribution in [3.8, 4) is 17.2 Å². The number of amides is 1. The van der Waals surface area contributed by atoms with Gasteiger partial charge in [-0.15, -0.1) is 0 Å². The molecule has 0 fully saturated rings. The zero-order chi connectivity index (χ0) is 32.8. The van der Waals surface area contributed by atoms with E-state index < -0.39 is 29.7 Å². The Morgan fingerprint density at radius 3 is 2.30 bits per heavy atom. The van der Waals surface area contributed by atoms with E-state index in [2.05, 4.69) is 10.3 Å². The van der Waals surface area contributed by atoms with Crippen LogP contribution in [0.2, 0.25) is 10.0 Å². The summed E-state index contributed by atoms with van der Waals surface area (Å²) >= 11 is 12.2. The Labute approximate surface area is 275 Å². The summed E-state index contributed by atoms with van der Waals surface area (Å²) in [5.41, 5.74) is 2.38.